The quantitative estimate of drug-likeness (QED) is 0.0368. The third-order valence-electron chi connectivity index (χ3n) is 13.8. The molecular weight excluding hydrogens is 1080 g/mol. The highest BCUT2D eigenvalue weighted by molar-refractivity contribution is 7.89. The van der Waals surface area contributed by atoms with Crippen LogP contribution in [0.4, 0.5) is 0 Å². The van der Waals surface area contributed by atoms with Crippen LogP contribution in [-0.2, 0) is 82.9 Å². The number of amides is 1. The van der Waals surface area contributed by atoms with Gasteiger partial charge >= 0.3 is 0 Å². The molecule has 0 unspecified atom stereocenters. The van der Waals surface area contributed by atoms with E-state index in [4.69, 9.17) is 28.9 Å². The van der Waals surface area contributed by atoms with E-state index < -0.39 is 20.0 Å². The van der Waals surface area contributed by atoms with Gasteiger partial charge < -0.3 is 43.0 Å². The summed E-state index contributed by atoms with van der Waals surface area (Å²) in [6, 6.07) is 23.6. The third kappa shape index (κ3) is 17.2. The number of aromatic nitrogens is 4. The highest BCUT2D eigenvalue weighted by atomic mass is 35.5. The number of aryl methyl sites for hydroxylation is 8. The zero-order chi connectivity index (χ0) is 57.3. The lowest BCUT2D eigenvalue weighted by Crippen LogP contribution is -2.33. The molecule has 0 aliphatic carbocycles. The molecule has 4 heterocycles. The lowest BCUT2D eigenvalue weighted by Gasteiger charge is -2.21. The number of imidazole rings is 2. The molecule has 0 bridgehead atoms. The smallest absolute Gasteiger partial charge is 0.295 e. The Kier molecular flexibility index (Phi) is 24.7. The second-order valence-corrected chi connectivity index (χ2v) is 23.7. The molecule has 0 atom stereocenters. The summed E-state index contributed by atoms with van der Waals surface area (Å²) < 4.78 is 83.8. The first-order valence-electron chi connectivity index (χ1n) is 26.4. The molecule has 80 heavy (non-hydrogen) atoms. The Morgan fingerprint density at radius 1 is 0.650 bits per heavy atom. The molecule has 2 aliphatic rings. The molecule has 0 radical (unpaired) electrons. The summed E-state index contributed by atoms with van der Waals surface area (Å²) in [6.07, 6.45) is 11.4. The Morgan fingerprint density at radius 2 is 1.07 bits per heavy atom. The fourth-order valence-corrected chi connectivity index (χ4v) is 12.6. The number of likely N-dealkylation sites (N-methyl/N-ethyl adjacent to an activating group) is 3. The molecule has 0 saturated heterocycles. The molecule has 2 aliphatic heterocycles. The Bertz CT molecular complexity index is 3110. The first-order valence-corrected chi connectivity index (χ1v) is 29.3. The van der Waals surface area contributed by atoms with Crippen molar-refractivity contribution in [1.29, 1.82) is 0 Å². The van der Waals surface area contributed by atoms with Crippen LogP contribution in [0, 0.1) is 27.7 Å². The van der Waals surface area contributed by atoms with Gasteiger partial charge in [0.2, 0.25) is 26.0 Å². The second kappa shape index (κ2) is 30.6. The third-order valence-corrected chi connectivity index (χ3v) is 18.1. The number of carbonyl (C=O) groups is 2. The van der Waals surface area contributed by atoms with Crippen molar-refractivity contribution in [2.24, 2.45) is 0 Å². The van der Waals surface area contributed by atoms with Crippen LogP contribution in [0.15, 0.2) is 95.0 Å². The average molecular weight is 1160 g/mol. The number of halogens is 1. The minimum atomic E-state index is -3.71. The van der Waals surface area contributed by atoms with Gasteiger partial charge in [0.05, 0.1) is 48.6 Å². The fraction of sp³-hybridized carbons (Fsp3) is 0.448. The monoisotopic (exact) mass is 1160 g/mol. The van der Waals surface area contributed by atoms with Gasteiger partial charge in [-0.3, -0.25) is 9.59 Å². The maximum Gasteiger partial charge on any atom is 0.295 e. The van der Waals surface area contributed by atoms with E-state index in [1.165, 1.54) is 72.5 Å². The topological polar surface area (TPSA) is 206 Å². The van der Waals surface area contributed by atoms with Gasteiger partial charge in [0, 0.05) is 96.8 Å². The van der Waals surface area contributed by atoms with Crippen LogP contribution >= 0.6 is 12.4 Å². The van der Waals surface area contributed by atoms with Crippen molar-refractivity contribution in [3.05, 3.63) is 130 Å². The molecule has 2 aromatic heterocycles. The number of hydrogen-bond acceptors (Lipinski definition) is 14. The van der Waals surface area contributed by atoms with E-state index in [-0.39, 0.29) is 74.3 Å². The maximum atomic E-state index is 13.1. The second-order valence-electron chi connectivity index (χ2n) is 19.7. The van der Waals surface area contributed by atoms with Crippen LogP contribution in [0.25, 0.3) is 22.5 Å². The number of nitrogens with one attached hydrogen (secondary N) is 1. The van der Waals surface area contributed by atoms with Crippen molar-refractivity contribution in [3.8, 4) is 34.0 Å². The highest BCUT2D eigenvalue weighted by Crippen LogP contribution is 2.30. The number of ether oxygens (including phenoxy) is 5. The summed E-state index contributed by atoms with van der Waals surface area (Å²) in [7, 11) is 2.43. The molecule has 19 nitrogen and oxygen atoms in total. The normalized spacial score (nSPS) is 12.9. The summed E-state index contributed by atoms with van der Waals surface area (Å²) in [5, 5.41) is 3.16. The van der Waals surface area contributed by atoms with Gasteiger partial charge in [-0.05, 0) is 118 Å². The standard InChI is InChI=1S/C29H38N4O5S.C15H19N3.C14H21NO6S.ClH/c1-21-16-25(37-5)17-22(2)29(21)39(35,36)32(4)14-15-38-20-28(34)31(3)18-23-9-11-24(12-10-23)26-19-33-13-7-6-8-27(33)30-26;1-16-10-12-5-7-13(8-6-12)14-11-18-9-3-2-4-15(18)17-14;1-11-7-13(19-4)8-12(2)14(11)22(17,18)15(3)5-6-20-10-21-9-16;/h9-12,16-17,19H,6-8,13-15,18,20H2,1-5H3;5-8,11,16H,2-4,9-10H2,1H3;7-9H,5-6,10H2,1-4H3;1H. The molecule has 22 heteroatoms. The van der Waals surface area contributed by atoms with Crippen LogP contribution in [0.5, 0.6) is 11.5 Å². The molecule has 1 N–H and O–H groups in total. The summed E-state index contributed by atoms with van der Waals surface area (Å²) in [5.74, 6) is 3.46. The number of methoxy groups -OCH3 is 2. The van der Waals surface area contributed by atoms with Crippen LogP contribution in [0.2, 0.25) is 0 Å². The van der Waals surface area contributed by atoms with Gasteiger partial charge in [-0.15, -0.1) is 12.4 Å². The number of fused-ring (bicyclic) bond motifs is 2. The molecule has 6 aromatic rings. The van der Waals surface area contributed by atoms with Crippen molar-refractivity contribution in [2.75, 3.05) is 82.1 Å². The largest absolute Gasteiger partial charge is 0.497 e. The van der Waals surface area contributed by atoms with Gasteiger partial charge in [0.25, 0.3) is 6.47 Å². The Morgan fingerprint density at radius 3 is 1.48 bits per heavy atom. The van der Waals surface area contributed by atoms with E-state index in [0.29, 0.717) is 40.3 Å². The number of rotatable bonds is 23. The fourth-order valence-electron chi connectivity index (χ4n) is 9.46. The lowest BCUT2D eigenvalue weighted by atomic mass is 10.1. The average Bonchev–Trinajstić information content (AvgIpc) is 4.08. The first kappa shape index (κ1) is 64.6. The predicted molar refractivity (Wildman–Crippen MR) is 311 cm³/mol. The zero-order valence-corrected chi connectivity index (χ0v) is 50.3. The predicted octanol–water partition coefficient (Wildman–Crippen LogP) is 7.91. The SMILES string of the molecule is CNCc1ccc(-c2cn3c(n2)CCCC3)cc1.COc1cc(C)c(S(=O)(=O)N(C)CCOCC(=O)N(C)Cc2ccc(-c3cn4c(n3)CCCC4)cc2)c(C)c1.COc1cc(C)c(S(=O)(=O)N(C)CCOCOC=O)c(C)c1.Cl. The van der Waals surface area contributed by atoms with E-state index in [9.17, 15) is 26.4 Å². The van der Waals surface area contributed by atoms with E-state index in [1.54, 1.807) is 71.0 Å². The summed E-state index contributed by atoms with van der Waals surface area (Å²) in [4.78, 5) is 34.2. The van der Waals surface area contributed by atoms with Crippen molar-refractivity contribution in [3.63, 3.8) is 0 Å². The van der Waals surface area contributed by atoms with Crippen LogP contribution in [-0.4, -0.2) is 144 Å². The van der Waals surface area contributed by atoms with Crippen LogP contribution < -0.4 is 14.8 Å². The molecule has 0 fully saturated rings. The molecule has 1 amide bonds. The molecule has 436 valence electrons. The molecule has 4 aromatic carbocycles. The van der Waals surface area contributed by atoms with Gasteiger partial charge in [0.1, 0.15) is 29.8 Å². The minimum Gasteiger partial charge on any atom is -0.497 e. The molecular formula is C58H79ClN8O11S2. The number of nitrogens with zero attached hydrogens (tertiary/aromatic N) is 7. The van der Waals surface area contributed by atoms with Crippen molar-refractivity contribution in [1.82, 2.24) is 37.9 Å². The molecule has 8 rings (SSSR count). The van der Waals surface area contributed by atoms with Crippen molar-refractivity contribution >= 4 is 44.8 Å². The number of carbonyl (C=O) groups excluding carboxylic acids is 2. The van der Waals surface area contributed by atoms with E-state index in [0.717, 1.165) is 60.8 Å². The van der Waals surface area contributed by atoms with E-state index in [2.05, 4.69) is 55.8 Å². The van der Waals surface area contributed by atoms with Crippen LogP contribution in [0.3, 0.4) is 0 Å². The first-order chi connectivity index (χ1) is 37.8. The van der Waals surface area contributed by atoms with Gasteiger partial charge in [-0.1, -0.05) is 48.5 Å². The Labute approximate surface area is 479 Å². The molecule has 0 spiro atoms. The Balaban J connectivity index is 0.000000242. The van der Waals surface area contributed by atoms with Crippen molar-refractivity contribution in [2.45, 2.75) is 102 Å². The van der Waals surface area contributed by atoms with Gasteiger partial charge in [-0.2, -0.15) is 8.61 Å². The van der Waals surface area contributed by atoms with Crippen LogP contribution in [0.1, 0.15) is 70.7 Å². The Hall–Kier alpha value is -6.17. The van der Waals surface area contributed by atoms with Crippen molar-refractivity contribution < 1.29 is 50.1 Å². The minimum absolute atomic E-state index is 0. The molecule has 0 saturated carbocycles. The maximum absolute atomic E-state index is 13.1. The summed E-state index contributed by atoms with van der Waals surface area (Å²) in [5.41, 5.74) is 9.18. The van der Waals surface area contributed by atoms with E-state index >= 15 is 0 Å². The highest BCUT2D eigenvalue weighted by Gasteiger charge is 2.27. The van der Waals surface area contributed by atoms with Gasteiger partial charge in [-0.25, -0.2) is 26.8 Å². The van der Waals surface area contributed by atoms with Gasteiger partial charge in [0.15, 0.2) is 6.79 Å². The zero-order valence-electron chi connectivity index (χ0n) is 47.8. The number of hydrogen-bond donors (Lipinski definition) is 1. The summed E-state index contributed by atoms with van der Waals surface area (Å²) >= 11 is 0. The van der Waals surface area contributed by atoms with E-state index in [1.807, 2.05) is 31.3 Å². The number of sulfonamides is 2. The lowest BCUT2D eigenvalue weighted by molar-refractivity contribution is -0.140. The number of benzene rings is 4. The summed E-state index contributed by atoms with van der Waals surface area (Å²) in [6.45, 7) is 10.9.